The Balaban J connectivity index is 2.65. The van der Waals surface area contributed by atoms with E-state index in [1.807, 2.05) is 12.1 Å². The topological polar surface area (TPSA) is 30.5 Å². The number of methoxy groups -OCH3 is 2. The number of nitrogens with one attached hydrogen (secondary N) is 1. The molecule has 0 fully saturated rings. The van der Waals surface area contributed by atoms with Crippen molar-refractivity contribution in [2.75, 3.05) is 20.8 Å². The zero-order valence-corrected chi connectivity index (χ0v) is 11.2. The maximum Gasteiger partial charge on any atom is 0.118 e. The van der Waals surface area contributed by atoms with E-state index < -0.39 is 0 Å². The van der Waals surface area contributed by atoms with Crippen molar-refractivity contribution in [3.8, 4) is 5.75 Å². The van der Waals surface area contributed by atoms with Crippen LogP contribution in [-0.4, -0.2) is 26.9 Å². The normalized spacial score (nSPS) is 14.4. The van der Waals surface area contributed by atoms with Crippen molar-refractivity contribution in [2.45, 2.75) is 32.4 Å². The second kappa shape index (κ2) is 7.30. The van der Waals surface area contributed by atoms with E-state index in [0.29, 0.717) is 12.1 Å². The number of ether oxygens (including phenoxy) is 2. The van der Waals surface area contributed by atoms with Gasteiger partial charge in [-0.15, -0.1) is 0 Å². The number of rotatable bonds is 7. The van der Waals surface area contributed by atoms with Crippen LogP contribution in [0.15, 0.2) is 24.3 Å². The molecule has 3 nitrogen and oxygen atoms in total. The minimum Gasteiger partial charge on any atom is -0.497 e. The van der Waals surface area contributed by atoms with Crippen LogP contribution < -0.4 is 10.1 Å². The molecule has 2 atom stereocenters. The molecule has 0 saturated heterocycles. The minimum atomic E-state index is 0.354. The van der Waals surface area contributed by atoms with Crippen molar-refractivity contribution < 1.29 is 9.47 Å². The Bertz CT molecular complexity index is 311. The van der Waals surface area contributed by atoms with Crippen LogP contribution in [0.4, 0.5) is 0 Å². The van der Waals surface area contributed by atoms with Crippen LogP contribution >= 0.6 is 0 Å². The first-order chi connectivity index (χ1) is 8.21. The summed E-state index contributed by atoms with van der Waals surface area (Å²) in [5.74, 6) is 0.897. The SMILES string of the molecule is CCC(NC(C)COC)c1ccc(OC)cc1. The number of hydrogen-bond acceptors (Lipinski definition) is 3. The molecule has 1 N–H and O–H groups in total. The van der Waals surface area contributed by atoms with Crippen LogP contribution in [0.25, 0.3) is 0 Å². The number of benzene rings is 1. The van der Waals surface area contributed by atoms with E-state index in [9.17, 15) is 0 Å². The quantitative estimate of drug-likeness (QED) is 0.791. The Morgan fingerprint density at radius 3 is 2.29 bits per heavy atom. The average molecular weight is 237 g/mol. The standard InChI is InChI=1S/C14H23NO2/c1-5-14(15-11(2)10-16-3)12-6-8-13(17-4)9-7-12/h6-9,11,14-15H,5,10H2,1-4H3. The van der Waals surface area contributed by atoms with E-state index in [1.165, 1.54) is 5.56 Å². The third-order valence-electron chi connectivity index (χ3n) is 2.83. The molecule has 0 spiro atoms. The van der Waals surface area contributed by atoms with E-state index in [1.54, 1.807) is 14.2 Å². The average Bonchev–Trinajstić information content (AvgIpc) is 2.36. The molecular weight excluding hydrogens is 214 g/mol. The van der Waals surface area contributed by atoms with Gasteiger partial charge in [-0.3, -0.25) is 0 Å². The van der Waals surface area contributed by atoms with Crippen molar-refractivity contribution >= 4 is 0 Å². The Hall–Kier alpha value is -1.06. The molecule has 0 bridgehead atoms. The molecule has 0 amide bonds. The predicted octanol–water partition coefficient (Wildman–Crippen LogP) is 2.77. The van der Waals surface area contributed by atoms with Gasteiger partial charge in [0, 0.05) is 19.2 Å². The summed E-state index contributed by atoms with van der Waals surface area (Å²) in [6.45, 7) is 5.05. The Kier molecular flexibility index (Phi) is 6.01. The molecule has 0 heterocycles. The van der Waals surface area contributed by atoms with Crippen molar-refractivity contribution in [3.05, 3.63) is 29.8 Å². The van der Waals surface area contributed by atoms with E-state index >= 15 is 0 Å². The predicted molar refractivity (Wildman–Crippen MR) is 70.5 cm³/mol. The van der Waals surface area contributed by atoms with Crippen molar-refractivity contribution in [1.82, 2.24) is 5.32 Å². The van der Waals surface area contributed by atoms with E-state index in [2.05, 4.69) is 31.3 Å². The van der Waals surface area contributed by atoms with Crippen molar-refractivity contribution in [1.29, 1.82) is 0 Å². The Morgan fingerprint density at radius 1 is 1.18 bits per heavy atom. The fourth-order valence-corrected chi connectivity index (χ4v) is 1.93. The first kappa shape index (κ1) is 14.0. The van der Waals surface area contributed by atoms with Gasteiger partial charge in [-0.2, -0.15) is 0 Å². The monoisotopic (exact) mass is 237 g/mol. The van der Waals surface area contributed by atoms with Crippen LogP contribution in [0.3, 0.4) is 0 Å². The van der Waals surface area contributed by atoms with Crippen LogP contribution in [0, 0.1) is 0 Å². The van der Waals surface area contributed by atoms with Gasteiger partial charge in [-0.1, -0.05) is 19.1 Å². The van der Waals surface area contributed by atoms with E-state index in [-0.39, 0.29) is 0 Å². The highest BCUT2D eigenvalue weighted by molar-refractivity contribution is 5.29. The third kappa shape index (κ3) is 4.36. The van der Waals surface area contributed by atoms with Gasteiger partial charge < -0.3 is 14.8 Å². The molecule has 0 radical (unpaired) electrons. The van der Waals surface area contributed by atoms with Gasteiger partial charge in [-0.25, -0.2) is 0 Å². The summed E-state index contributed by atoms with van der Waals surface area (Å²) in [4.78, 5) is 0. The summed E-state index contributed by atoms with van der Waals surface area (Å²) in [7, 11) is 3.41. The molecule has 96 valence electrons. The maximum absolute atomic E-state index is 5.16. The lowest BCUT2D eigenvalue weighted by atomic mass is 10.0. The molecule has 3 heteroatoms. The molecule has 0 saturated carbocycles. The highest BCUT2D eigenvalue weighted by Crippen LogP contribution is 2.20. The molecule has 0 aromatic heterocycles. The highest BCUT2D eigenvalue weighted by Gasteiger charge is 2.12. The zero-order valence-electron chi connectivity index (χ0n) is 11.2. The maximum atomic E-state index is 5.16. The lowest BCUT2D eigenvalue weighted by Crippen LogP contribution is -2.33. The smallest absolute Gasteiger partial charge is 0.118 e. The van der Waals surface area contributed by atoms with E-state index in [4.69, 9.17) is 9.47 Å². The van der Waals surface area contributed by atoms with Gasteiger partial charge in [-0.05, 0) is 31.0 Å². The zero-order chi connectivity index (χ0) is 12.7. The first-order valence-corrected chi connectivity index (χ1v) is 6.10. The lowest BCUT2D eigenvalue weighted by Gasteiger charge is -2.22. The molecular formula is C14H23NO2. The second-order valence-corrected chi connectivity index (χ2v) is 4.26. The minimum absolute atomic E-state index is 0.354. The fourth-order valence-electron chi connectivity index (χ4n) is 1.93. The van der Waals surface area contributed by atoms with E-state index in [0.717, 1.165) is 18.8 Å². The third-order valence-corrected chi connectivity index (χ3v) is 2.83. The summed E-state index contributed by atoms with van der Waals surface area (Å²) >= 11 is 0. The van der Waals surface area contributed by atoms with Gasteiger partial charge in [0.2, 0.25) is 0 Å². The molecule has 2 unspecified atom stereocenters. The van der Waals surface area contributed by atoms with Gasteiger partial charge in [0.25, 0.3) is 0 Å². The lowest BCUT2D eigenvalue weighted by molar-refractivity contribution is 0.166. The molecule has 17 heavy (non-hydrogen) atoms. The molecule has 0 aliphatic carbocycles. The summed E-state index contributed by atoms with van der Waals surface area (Å²) in [6.07, 6.45) is 1.06. The summed E-state index contributed by atoms with van der Waals surface area (Å²) in [5.41, 5.74) is 1.29. The van der Waals surface area contributed by atoms with Gasteiger partial charge in [0.1, 0.15) is 5.75 Å². The van der Waals surface area contributed by atoms with Gasteiger partial charge in [0.15, 0.2) is 0 Å². The molecule has 0 aliphatic rings. The molecule has 1 rings (SSSR count). The van der Waals surface area contributed by atoms with Crippen LogP contribution in [0.5, 0.6) is 5.75 Å². The summed E-state index contributed by atoms with van der Waals surface area (Å²) in [6, 6.07) is 8.94. The van der Waals surface area contributed by atoms with Crippen LogP contribution in [0.1, 0.15) is 31.9 Å². The summed E-state index contributed by atoms with van der Waals surface area (Å²) < 4.78 is 10.3. The van der Waals surface area contributed by atoms with Gasteiger partial charge in [0.05, 0.1) is 13.7 Å². The van der Waals surface area contributed by atoms with Crippen LogP contribution in [0.2, 0.25) is 0 Å². The second-order valence-electron chi connectivity index (χ2n) is 4.26. The molecule has 1 aromatic rings. The number of hydrogen-bond donors (Lipinski definition) is 1. The molecule has 0 aliphatic heterocycles. The summed E-state index contributed by atoms with van der Waals surface area (Å²) in [5, 5.41) is 3.56. The first-order valence-electron chi connectivity index (χ1n) is 6.10. The van der Waals surface area contributed by atoms with Gasteiger partial charge >= 0.3 is 0 Å². The van der Waals surface area contributed by atoms with Crippen molar-refractivity contribution in [2.24, 2.45) is 0 Å². The largest absolute Gasteiger partial charge is 0.497 e. The Morgan fingerprint density at radius 2 is 1.82 bits per heavy atom. The molecule has 1 aromatic carbocycles. The van der Waals surface area contributed by atoms with Crippen LogP contribution in [-0.2, 0) is 4.74 Å². The van der Waals surface area contributed by atoms with Crippen molar-refractivity contribution in [3.63, 3.8) is 0 Å². The Labute approximate surface area is 104 Å². The highest BCUT2D eigenvalue weighted by atomic mass is 16.5. The fraction of sp³-hybridized carbons (Fsp3) is 0.571.